The van der Waals surface area contributed by atoms with Gasteiger partial charge in [-0.3, -0.25) is 9.59 Å². The maximum absolute atomic E-state index is 12.2. The van der Waals surface area contributed by atoms with E-state index in [1.165, 1.54) is 35.1 Å². The van der Waals surface area contributed by atoms with Crippen molar-refractivity contribution in [2.45, 2.75) is 20.0 Å². The number of fused-ring (bicyclic) bond motifs is 1. The summed E-state index contributed by atoms with van der Waals surface area (Å²) in [4.78, 5) is 28.3. The Balaban J connectivity index is 1.83. The Morgan fingerprint density at radius 2 is 2.17 bits per heavy atom. The molecule has 2 heterocycles. The molecule has 0 fully saturated rings. The highest BCUT2D eigenvalue weighted by Crippen LogP contribution is 2.29. The number of primary amides is 1. The van der Waals surface area contributed by atoms with Crippen LogP contribution in [0.2, 0.25) is 0 Å². The summed E-state index contributed by atoms with van der Waals surface area (Å²) in [5, 5.41) is 14.0. The molecule has 0 aliphatic carbocycles. The molecule has 9 nitrogen and oxygen atoms in total. The normalized spacial score (nSPS) is 11.3. The summed E-state index contributed by atoms with van der Waals surface area (Å²) in [6, 6.07) is 8.02. The summed E-state index contributed by atoms with van der Waals surface area (Å²) in [6.45, 7) is 2.02. The van der Waals surface area contributed by atoms with Crippen molar-refractivity contribution in [3.8, 4) is 17.6 Å². The Bertz CT molecular complexity index is 1210. The number of benzene rings is 1. The van der Waals surface area contributed by atoms with Crippen LogP contribution in [0, 0.1) is 11.3 Å². The number of aryl methyl sites for hydroxylation is 1. The zero-order valence-corrected chi connectivity index (χ0v) is 16.5. The van der Waals surface area contributed by atoms with E-state index in [1.54, 1.807) is 24.3 Å². The van der Waals surface area contributed by atoms with Crippen LogP contribution in [0.3, 0.4) is 0 Å². The van der Waals surface area contributed by atoms with Gasteiger partial charge in [0.05, 0.1) is 12.8 Å². The molecule has 1 amide bonds. The van der Waals surface area contributed by atoms with Gasteiger partial charge in [0.2, 0.25) is 4.96 Å². The maximum atomic E-state index is 12.2. The molecule has 29 heavy (non-hydrogen) atoms. The van der Waals surface area contributed by atoms with Crippen LogP contribution in [0.4, 0.5) is 0 Å². The molecule has 0 saturated carbocycles. The topological polar surface area (TPSA) is 133 Å². The van der Waals surface area contributed by atoms with Crippen LogP contribution in [0.15, 0.2) is 34.6 Å². The molecule has 3 aromatic rings. The molecule has 0 aliphatic heterocycles. The monoisotopic (exact) mass is 411 g/mol. The van der Waals surface area contributed by atoms with Gasteiger partial charge in [0.25, 0.3) is 11.5 Å². The lowest BCUT2D eigenvalue weighted by Crippen LogP contribution is -2.16. The molecule has 148 valence electrons. The lowest BCUT2D eigenvalue weighted by Gasteiger charge is -2.11. The van der Waals surface area contributed by atoms with Gasteiger partial charge in [-0.25, -0.2) is 4.98 Å². The molecular weight excluding hydrogens is 394 g/mol. The summed E-state index contributed by atoms with van der Waals surface area (Å²) in [5.41, 5.74) is 5.72. The number of ether oxygens (including phenoxy) is 2. The van der Waals surface area contributed by atoms with Crippen LogP contribution in [-0.2, 0) is 17.8 Å². The predicted octanol–water partition coefficient (Wildman–Crippen LogP) is 1.69. The van der Waals surface area contributed by atoms with Crippen LogP contribution < -0.4 is 20.8 Å². The highest BCUT2D eigenvalue weighted by molar-refractivity contribution is 7.16. The van der Waals surface area contributed by atoms with E-state index in [1.807, 2.05) is 6.92 Å². The largest absolute Gasteiger partial charge is 0.493 e. The van der Waals surface area contributed by atoms with Gasteiger partial charge in [0.15, 0.2) is 11.5 Å². The first-order valence-electron chi connectivity index (χ1n) is 8.56. The van der Waals surface area contributed by atoms with Gasteiger partial charge in [-0.1, -0.05) is 24.3 Å². The van der Waals surface area contributed by atoms with E-state index in [2.05, 4.69) is 10.1 Å². The van der Waals surface area contributed by atoms with E-state index in [0.717, 1.165) is 11.4 Å². The molecule has 0 radical (unpaired) electrons. The number of carbonyl (C=O) groups is 1. The summed E-state index contributed by atoms with van der Waals surface area (Å²) >= 11 is 1.36. The number of carbonyl (C=O) groups excluding carboxylic acids is 1. The van der Waals surface area contributed by atoms with Crippen molar-refractivity contribution >= 4 is 28.3 Å². The molecule has 0 spiro atoms. The fourth-order valence-electron chi connectivity index (χ4n) is 2.48. The van der Waals surface area contributed by atoms with Crippen LogP contribution in [0.1, 0.15) is 23.2 Å². The van der Waals surface area contributed by atoms with E-state index in [9.17, 15) is 9.59 Å². The molecule has 0 unspecified atom stereocenters. The van der Waals surface area contributed by atoms with E-state index in [4.69, 9.17) is 20.5 Å². The molecule has 1 aromatic carbocycles. The van der Waals surface area contributed by atoms with Crippen molar-refractivity contribution in [2.75, 3.05) is 7.11 Å². The zero-order chi connectivity index (χ0) is 21.0. The standard InChI is InChI=1S/C19H17N5O4S/c1-3-16-23-24-17(25)8-13(22-19(24)29-16)10-28-14-5-4-11(7-15(14)27-2)6-12(9-20)18(21)26/h4-8H,3,10H2,1-2H3,(H2,21,26)/b12-6+. The summed E-state index contributed by atoms with van der Waals surface area (Å²) < 4.78 is 12.3. The van der Waals surface area contributed by atoms with E-state index < -0.39 is 5.91 Å². The maximum Gasteiger partial charge on any atom is 0.275 e. The number of hydrogen-bond acceptors (Lipinski definition) is 8. The Hall–Kier alpha value is -3.71. The lowest BCUT2D eigenvalue weighted by molar-refractivity contribution is -0.114. The van der Waals surface area contributed by atoms with Gasteiger partial charge in [-0.05, 0) is 30.2 Å². The molecule has 2 aromatic heterocycles. The Morgan fingerprint density at radius 3 is 2.83 bits per heavy atom. The number of amides is 1. The number of rotatable bonds is 7. The molecule has 10 heteroatoms. The number of methoxy groups -OCH3 is 1. The molecule has 0 aliphatic rings. The van der Waals surface area contributed by atoms with E-state index in [-0.39, 0.29) is 17.7 Å². The molecule has 2 N–H and O–H groups in total. The number of hydrogen-bond donors (Lipinski definition) is 1. The van der Waals surface area contributed by atoms with Crippen LogP contribution in [0.25, 0.3) is 11.0 Å². The van der Waals surface area contributed by atoms with Gasteiger partial charge in [-0.2, -0.15) is 14.9 Å². The van der Waals surface area contributed by atoms with Crippen LogP contribution >= 0.6 is 11.3 Å². The third kappa shape index (κ3) is 4.41. The van der Waals surface area contributed by atoms with Crippen molar-refractivity contribution in [1.82, 2.24) is 14.6 Å². The third-order valence-electron chi connectivity index (χ3n) is 3.90. The van der Waals surface area contributed by atoms with Crippen molar-refractivity contribution in [1.29, 1.82) is 5.26 Å². The number of aromatic nitrogens is 3. The van der Waals surface area contributed by atoms with Crippen molar-refractivity contribution in [3.05, 3.63) is 56.5 Å². The van der Waals surface area contributed by atoms with Gasteiger partial charge >= 0.3 is 0 Å². The highest BCUT2D eigenvalue weighted by Gasteiger charge is 2.11. The fourth-order valence-corrected chi connectivity index (χ4v) is 3.34. The van der Waals surface area contributed by atoms with Crippen LogP contribution in [0.5, 0.6) is 11.5 Å². The average Bonchev–Trinajstić information content (AvgIpc) is 3.14. The predicted molar refractivity (Wildman–Crippen MR) is 107 cm³/mol. The summed E-state index contributed by atoms with van der Waals surface area (Å²) in [5.74, 6) is 0.000924. The second-order valence-electron chi connectivity index (χ2n) is 5.86. The minimum absolute atomic E-state index is 0.0569. The second kappa shape index (κ2) is 8.53. The van der Waals surface area contributed by atoms with Crippen LogP contribution in [-0.4, -0.2) is 27.6 Å². The second-order valence-corrected chi connectivity index (χ2v) is 6.90. The van der Waals surface area contributed by atoms with Gasteiger partial charge in [-0.15, -0.1) is 0 Å². The quantitative estimate of drug-likeness (QED) is 0.462. The summed E-state index contributed by atoms with van der Waals surface area (Å²) in [7, 11) is 1.47. The first-order chi connectivity index (χ1) is 13.9. The first-order valence-corrected chi connectivity index (χ1v) is 9.38. The Morgan fingerprint density at radius 1 is 1.38 bits per heavy atom. The molecular formula is C19H17N5O4S. The molecule has 3 rings (SSSR count). The van der Waals surface area contributed by atoms with E-state index in [0.29, 0.717) is 27.7 Å². The minimum atomic E-state index is -0.811. The van der Waals surface area contributed by atoms with Crippen molar-refractivity contribution in [2.24, 2.45) is 5.73 Å². The smallest absolute Gasteiger partial charge is 0.275 e. The minimum Gasteiger partial charge on any atom is -0.493 e. The van der Waals surface area contributed by atoms with Gasteiger partial charge in [0.1, 0.15) is 23.3 Å². The number of nitrogens with zero attached hydrogens (tertiary/aromatic N) is 4. The van der Waals surface area contributed by atoms with E-state index >= 15 is 0 Å². The molecule has 0 atom stereocenters. The Kier molecular flexibility index (Phi) is 5.90. The molecule has 0 saturated heterocycles. The highest BCUT2D eigenvalue weighted by atomic mass is 32.1. The van der Waals surface area contributed by atoms with Crippen molar-refractivity contribution in [3.63, 3.8) is 0 Å². The number of nitrogens with two attached hydrogens (primary N) is 1. The van der Waals surface area contributed by atoms with Crippen molar-refractivity contribution < 1.29 is 14.3 Å². The van der Waals surface area contributed by atoms with Gasteiger partial charge in [0, 0.05) is 6.07 Å². The summed E-state index contributed by atoms with van der Waals surface area (Å²) in [6.07, 6.45) is 2.08. The molecule has 0 bridgehead atoms. The lowest BCUT2D eigenvalue weighted by atomic mass is 10.1. The fraction of sp³-hybridized carbons (Fsp3) is 0.211. The third-order valence-corrected chi connectivity index (χ3v) is 4.96. The average molecular weight is 411 g/mol. The Labute approximate surface area is 169 Å². The SMILES string of the molecule is CCc1nn2c(=O)cc(COc3ccc(/C=C(\C#N)C(N)=O)cc3OC)nc2s1. The zero-order valence-electron chi connectivity index (χ0n) is 15.7. The first kappa shape index (κ1) is 20.0. The number of nitriles is 1. The van der Waals surface area contributed by atoms with Gasteiger partial charge < -0.3 is 15.2 Å².